The van der Waals surface area contributed by atoms with E-state index >= 15 is 0 Å². The molecule has 0 saturated carbocycles. The molecule has 2 rings (SSSR count). The second-order valence-electron chi connectivity index (χ2n) is 8.50. The van der Waals surface area contributed by atoms with Gasteiger partial charge in [-0.1, -0.05) is 19.9 Å². The summed E-state index contributed by atoms with van der Waals surface area (Å²) in [6, 6.07) is 1.14. The number of hydrogen-bond donors (Lipinski definition) is 4. The smallest absolute Gasteiger partial charge is 0.166 e. The van der Waals surface area contributed by atoms with Crippen molar-refractivity contribution in [1.82, 2.24) is 9.88 Å². The molecule has 2 unspecified atom stereocenters. The molecular formula is C24H38FN7. The fourth-order valence-electron chi connectivity index (χ4n) is 3.64. The van der Waals surface area contributed by atoms with Crippen molar-refractivity contribution >= 4 is 23.0 Å². The van der Waals surface area contributed by atoms with Gasteiger partial charge in [-0.25, -0.2) is 9.37 Å². The fourth-order valence-corrected chi connectivity index (χ4v) is 3.64. The highest BCUT2D eigenvalue weighted by molar-refractivity contribution is 6.04. The molecule has 0 bridgehead atoms. The van der Waals surface area contributed by atoms with E-state index in [1.807, 2.05) is 28.1 Å². The summed E-state index contributed by atoms with van der Waals surface area (Å²) in [6.07, 6.45) is 5.37. The number of pyridine rings is 1. The molecule has 32 heavy (non-hydrogen) atoms. The Hall–Kier alpha value is -2.87. The lowest BCUT2D eigenvalue weighted by molar-refractivity contribution is 0.511. The Kier molecular flexibility index (Phi) is 8.83. The van der Waals surface area contributed by atoms with Gasteiger partial charge in [-0.2, -0.15) is 0 Å². The van der Waals surface area contributed by atoms with E-state index in [2.05, 4.69) is 52.0 Å². The van der Waals surface area contributed by atoms with Crippen molar-refractivity contribution in [2.45, 2.75) is 58.5 Å². The highest BCUT2D eigenvalue weighted by atomic mass is 19.1. The van der Waals surface area contributed by atoms with Crippen LogP contribution < -0.4 is 22.1 Å². The number of nitrogens with one attached hydrogen (secondary N) is 2. The summed E-state index contributed by atoms with van der Waals surface area (Å²) < 4.78 is 14.9. The van der Waals surface area contributed by atoms with Crippen LogP contribution in [0, 0.1) is 5.82 Å². The van der Waals surface area contributed by atoms with Gasteiger partial charge in [0.1, 0.15) is 5.82 Å². The third-order valence-corrected chi connectivity index (χ3v) is 5.75. The third kappa shape index (κ3) is 6.09. The average Bonchev–Trinajstić information content (AvgIpc) is 2.74. The Bertz CT molecular complexity index is 929. The molecule has 2 atom stereocenters. The second kappa shape index (κ2) is 11.1. The highest BCUT2D eigenvalue weighted by Crippen LogP contribution is 2.29. The van der Waals surface area contributed by atoms with Crippen LogP contribution in [-0.2, 0) is 0 Å². The molecule has 1 heterocycles. The number of nitrogens with two attached hydrogens (primary N) is 2. The molecule has 0 aromatic carbocycles. The SMILES string of the molecule is C=C(N)c1cc(F)c(NC(CCC)C(C)N)nc1NC1=CC(=C(/C)N(C)C)/C(=N\C)CC1. The van der Waals surface area contributed by atoms with Gasteiger partial charge in [0, 0.05) is 67.2 Å². The van der Waals surface area contributed by atoms with E-state index in [4.69, 9.17) is 11.5 Å². The number of aliphatic imine (C=N–C) groups is 1. The van der Waals surface area contributed by atoms with Crippen LogP contribution >= 0.6 is 0 Å². The van der Waals surface area contributed by atoms with Gasteiger partial charge in [0.25, 0.3) is 0 Å². The van der Waals surface area contributed by atoms with Crippen LogP contribution in [0.4, 0.5) is 16.0 Å². The lowest BCUT2D eigenvalue weighted by Crippen LogP contribution is -2.38. The Morgan fingerprint density at radius 2 is 2.03 bits per heavy atom. The van der Waals surface area contributed by atoms with Crippen molar-refractivity contribution in [2.75, 3.05) is 31.8 Å². The predicted octanol–water partition coefficient (Wildman–Crippen LogP) is 4.07. The third-order valence-electron chi connectivity index (χ3n) is 5.75. The van der Waals surface area contributed by atoms with Gasteiger partial charge in [-0.3, -0.25) is 4.99 Å². The van der Waals surface area contributed by atoms with Gasteiger partial charge >= 0.3 is 0 Å². The molecule has 176 valence electrons. The number of hydrogen-bond acceptors (Lipinski definition) is 7. The molecule has 0 aliphatic heterocycles. The van der Waals surface area contributed by atoms with Crippen LogP contribution in [0.1, 0.15) is 52.0 Å². The maximum absolute atomic E-state index is 14.9. The number of nitrogens with zero attached hydrogens (tertiary/aromatic N) is 3. The van der Waals surface area contributed by atoms with Crippen molar-refractivity contribution in [1.29, 1.82) is 0 Å². The zero-order valence-electron chi connectivity index (χ0n) is 20.2. The van der Waals surface area contributed by atoms with Crippen molar-refractivity contribution in [2.24, 2.45) is 16.5 Å². The summed E-state index contributed by atoms with van der Waals surface area (Å²) in [6.45, 7) is 9.83. The minimum Gasteiger partial charge on any atom is -0.399 e. The Morgan fingerprint density at radius 3 is 2.56 bits per heavy atom. The summed E-state index contributed by atoms with van der Waals surface area (Å²) in [5.41, 5.74) is 16.9. The highest BCUT2D eigenvalue weighted by Gasteiger charge is 2.21. The molecule has 0 fully saturated rings. The molecule has 7 nitrogen and oxygen atoms in total. The summed E-state index contributed by atoms with van der Waals surface area (Å²) in [4.78, 5) is 11.1. The minimum atomic E-state index is -0.485. The van der Waals surface area contributed by atoms with Crippen molar-refractivity contribution in [3.8, 4) is 0 Å². The monoisotopic (exact) mass is 443 g/mol. The van der Waals surface area contributed by atoms with E-state index in [-0.39, 0.29) is 23.6 Å². The molecule has 0 spiro atoms. The van der Waals surface area contributed by atoms with Gasteiger partial charge in [0.05, 0.1) is 0 Å². The summed E-state index contributed by atoms with van der Waals surface area (Å²) in [7, 11) is 5.82. The first-order valence-corrected chi connectivity index (χ1v) is 11.1. The molecule has 0 radical (unpaired) electrons. The molecule has 1 aliphatic carbocycles. The molecule has 1 aromatic rings. The second-order valence-corrected chi connectivity index (χ2v) is 8.50. The molecule has 0 saturated heterocycles. The summed E-state index contributed by atoms with van der Waals surface area (Å²) >= 11 is 0. The lowest BCUT2D eigenvalue weighted by atomic mass is 9.95. The van der Waals surface area contributed by atoms with Crippen LogP contribution in [0.15, 0.2) is 40.7 Å². The molecule has 8 heteroatoms. The van der Waals surface area contributed by atoms with Crippen molar-refractivity contribution < 1.29 is 4.39 Å². The summed E-state index contributed by atoms with van der Waals surface area (Å²) in [5, 5.41) is 6.54. The Balaban J connectivity index is 2.47. The van der Waals surface area contributed by atoms with E-state index in [1.165, 1.54) is 6.07 Å². The molecule has 6 N–H and O–H groups in total. The van der Waals surface area contributed by atoms with E-state index in [1.54, 1.807) is 0 Å². The van der Waals surface area contributed by atoms with Gasteiger partial charge < -0.3 is 27.0 Å². The van der Waals surface area contributed by atoms with E-state index in [0.717, 1.165) is 48.4 Å². The van der Waals surface area contributed by atoms with E-state index in [0.29, 0.717) is 11.4 Å². The number of allylic oxidation sites excluding steroid dienone is 4. The van der Waals surface area contributed by atoms with Gasteiger partial charge in [0.2, 0.25) is 0 Å². The van der Waals surface area contributed by atoms with Crippen LogP contribution in [0.2, 0.25) is 0 Å². The number of aromatic nitrogens is 1. The Morgan fingerprint density at radius 1 is 1.34 bits per heavy atom. The van der Waals surface area contributed by atoms with Crippen LogP contribution in [0.3, 0.4) is 0 Å². The van der Waals surface area contributed by atoms with Crippen LogP contribution in [0.5, 0.6) is 0 Å². The van der Waals surface area contributed by atoms with Crippen molar-refractivity contribution in [3.63, 3.8) is 0 Å². The first-order valence-electron chi connectivity index (χ1n) is 11.1. The van der Waals surface area contributed by atoms with Gasteiger partial charge in [-0.05, 0) is 45.3 Å². The van der Waals surface area contributed by atoms with Gasteiger partial charge in [-0.15, -0.1) is 0 Å². The van der Waals surface area contributed by atoms with Crippen LogP contribution in [0.25, 0.3) is 5.70 Å². The van der Waals surface area contributed by atoms with Crippen molar-refractivity contribution in [3.05, 3.63) is 47.1 Å². The summed E-state index contributed by atoms with van der Waals surface area (Å²) in [5.74, 6) is 0.132. The quantitative estimate of drug-likeness (QED) is 0.459. The zero-order valence-corrected chi connectivity index (χ0v) is 20.2. The average molecular weight is 444 g/mol. The number of anilines is 2. The molecular weight excluding hydrogens is 405 g/mol. The standard InChI is InChI=1S/C24H38FN7/c1-8-9-21(15(3)27)30-24-20(25)13-18(14(2)26)23(31-24)29-17-10-11-22(28-5)19(12-17)16(4)32(6)7/h12-13,15,21H,2,8-11,26-27H2,1,3-7H3,(H2,29,30,31)/b19-16+,28-22-. The number of rotatable bonds is 9. The van der Waals surface area contributed by atoms with Crippen LogP contribution in [-0.4, -0.2) is 48.8 Å². The van der Waals surface area contributed by atoms with E-state index < -0.39 is 5.82 Å². The Labute approximate surface area is 191 Å². The number of halogens is 1. The first kappa shape index (κ1) is 25.4. The molecule has 0 amide bonds. The normalized spacial score (nSPS) is 18.6. The largest absolute Gasteiger partial charge is 0.399 e. The minimum absolute atomic E-state index is 0.0868. The molecule has 1 aromatic heterocycles. The zero-order chi connectivity index (χ0) is 24.0. The van der Waals surface area contributed by atoms with Gasteiger partial charge in [0.15, 0.2) is 11.6 Å². The van der Waals surface area contributed by atoms with E-state index in [9.17, 15) is 4.39 Å². The first-order chi connectivity index (χ1) is 15.1. The lowest BCUT2D eigenvalue weighted by Gasteiger charge is -2.25. The maximum atomic E-state index is 14.9. The predicted molar refractivity (Wildman–Crippen MR) is 134 cm³/mol. The fraction of sp³-hybridized carbons (Fsp3) is 0.500. The maximum Gasteiger partial charge on any atom is 0.166 e. The topological polar surface area (TPSA) is 105 Å². The molecule has 1 aliphatic rings.